The van der Waals surface area contributed by atoms with Crippen LogP contribution >= 0.6 is 12.4 Å². The predicted molar refractivity (Wildman–Crippen MR) is 147 cm³/mol. The van der Waals surface area contributed by atoms with Crippen molar-refractivity contribution in [1.29, 1.82) is 0 Å². The molecule has 5 heterocycles. The van der Waals surface area contributed by atoms with Gasteiger partial charge in [-0.1, -0.05) is 0 Å². The molecular formula is C27H35ClN6O5. The molecule has 3 N–H and O–H groups in total. The van der Waals surface area contributed by atoms with Gasteiger partial charge in [-0.25, -0.2) is 14.8 Å². The Morgan fingerprint density at radius 1 is 1.13 bits per heavy atom. The lowest BCUT2D eigenvalue weighted by Crippen LogP contribution is -2.45. The number of nitrogens with zero attached hydrogens (tertiary/aromatic N) is 3. The van der Waals surface area contributed by atoms with Crippen LogP contribution in [0.1, 0.15) is 28.8 Å². The average Bonchev–Trinajstić information content (AvgIpc) is 3.47. The van der Waals surface area contributed by atoms with E-state index in [1.54, 1.807) is 12.1 Å². The van der Waals surface area contributed by atoms with E-state index in [9.17, 15) is 9.59 Å². The van der Waals surface area contributed by atoms with Crippen molar-refractivity contribution in [3.8, 4) is 11.6 Å². The molecule has 3 aliphatic heterocycles. The van der Waals surface area contributed by atoms with Crippen molar-refractivity contribution in [2.24, 2.45) is 11.8 Å². The van der Waals surface area contributed by atoms with E-state index in [1.165, 1.54) is 21.6 Å². The van der Waals surface area contributed by atoms with Gasteiger partial charge in [0.15, 0.2) is 18.2 Å². The molecule has 0 radical (unpaired) electrons. The van der Waals surface area contributed by atoms with Crippen LogP contribution in [-0.2, 0) is 22.4 Å². The van der Waals surface area contributed by atoms with Crippen molar-refractivity contribution in [2.45, 2.75) is 39.2 Å². The summed E-state index contributed by atoms with van der Waals surface area (Å²) < 4.78 is 17.0. The molecule has 2 fully saturated rings. The third-order valence-corrected chi connectivity index (χ3v) is 7.84. The quantitative estimate of drug-likeness (QED) is 0.397. The summed E-state index contributed by atoms with van der Waals surface area (Å²) in [4.78, 5) is 34.7. The number of hydrogen-bond acceptors (Lipinski definition) is 9. The first kappa shape index (κ1) is 27.4. The zero-order chi connectivity index (χ0) is 26.2. The van der Waals surface area contributed by atoms with Crippen LogP contribution in [0.2, 0.25) is 0 Å². The highest BCUT2D eigenvalue weighted by Crippen LogP contribution is 2.35. The Hall–Kier alpha value is -3.15. The summed E-state index contributed by atoms with van der Waals surface area (Å²) in [7, 11) is 0. The van der Waals surface area contributed by atoms with Crippen molar-refractivity contribution in [1.82, 2.24) is 20.6 Å². The maximum absolute atomic E-state index is 12.5. The van der Waals surface area contributed by atoms with Gasteiger partial charge in [0.2, 0.25) is 5.88 Å². The number of ether oxygens (including phenoxy) is 3. The Balaban J connectivity index is 0.00000308. The van der Waals surface area contributed by atoms with E-state index in [4.69, 9.17) is 19.2 Å². The minimum Gasteiger partial charge on any atom is -0.480 e. The Kier molecular flexibility index (Phi) is 8.11. The number of pyridine rings is 2. The predicted octanol–water partition coefficient (Wildman–Crippen LogP) is 2.16. The highest BCUT2D eigenvalue weighted by Gasteiger charge is 2.34. The van der Waals surface area contributed by atoms with Gasteiger partial charge in [0, 0.05) is 30.3 Å². The molecule has 0 aromatic carbocycles. The number of cyclic esters (lactones) is 1. The van der Waals surface area contributed by atoms with Gasteiger partial charge in [0.1, 0.15) is 11.9 Å². The molecule has 2 unspecified atom stereocenters. The lowest BCUT2D eigenvalue weighted by Gasteiger charge is -2.27. The number of amides is 2. The maximum Gasteiger partial charge on any atom is 0.415 e. The smallest absolute Gasteiger partial charge is 0.415 e. The molecule has 1 aliphatic carbocycles. The van der Waals surface area contributed by atoms with Crippen LogP contribution in [0.25, 0.3) is 0 Å². The van der Waals surface area contributed by atoms with E-state index < -0.39 is 6.09 Å². The summed E-state index contributed by atoms with van der Waals surface area (Å²) in [5.74, 6) is 2.87. The zero-order valence-electron chi connectivity index (χ0n) is 22.2. The summed E-state index contributed by atoms with van der Waals surface area (Å²) in [5, 5.41) is 9.52. The van der Waals surface area contributed by atoms with Gasteiger partial charge >= 0.3 is 6.09 Å². The van der Waals surface area contributed by atoms with Crippen LogP contribution < -0.4 is 30.3 Å². The molecule has 210 valence electrons. The second kappa shape index (κ2) is 11.5. The lowest BCUT2D eigenvalue weighted by atomic mass is 10.0. The van der Waals surface area contributed by atoms with E-state index in [2.05, 4.69) is 34.8 Å². The molecular weight excluding hydrogens is 524 g/mol. The SMILES string of the molecule is Cc1nc(OCC2CNC2)c(C)c2c1CC(CNCCC1CN(c3ccc4c(n3)NC(=O)CO4)C(=O)O1)C2.Cl. The summed E-state index contributed by atoms with van der Waals surface area (Å²) in [5.41, 5.74) is 5.02. The normalized spacial score (nSPS) is 21.7. The number of hydrogen-bond donors (Lipinski definition) is 3. The number of carbonyl (C=O) groups excluding carboxylic acids is 2. The summed E-state index contributed by atoms with van der Waals surface area (Å²) >= 11 is 0. The van der Waals surface area contributed by atoms with Gasteiger partial charge in [-0.3, -0.25) is 9.69 Å². The van der Waals surface area contributed by atoms with Crippen molar-refractivity contribution in [3.63, 3.8) is 0 Å². The molecule has 2 aromatic heterocycles. The van der Waals surface area contributed by atoms with Crippen LogP contribution in [0, 0.1) is 25.7 Å². The molecule has 4 aliphatic rings. The molecule has 0 spiro atoms. The van der Waals surface area contributed by atoms with Gasteiger partial charge in [-0.2, -0.15) is 0 Å². The molecule has 2 aromatic rings. The van der Waals surface area contributed by atoms with Gasteiger partial charge in [0.25, 0.3) is 5.91 Å². The molecule has 2 saturated heterocycles. The number of aromatic nitrogens is 2. The number of halogens is 1. The van der Waals surface area contributed by atoms with Gasteiger partial charge in [0.05, 0.1) is 13.2 Å². The third kappa shape index (κ3) is 5.75. The summed E-state index contributed by atoms with van der Waals surface area (Å²) in [6.07, 6.45) is 2.10. The van der Waals surface area contributed by atoms with Crippen molar-refractivity contribution >= 4 is 36.0 Å². The van der Waals surface area contributed by atoms with E-state index >= 15 is 0 Å². The Morgan fingerprint density at radius 3 is 2.74 bits per heavy atom. The molecule has 6 rings (SSSR count). The van der Waals surface area contributed by atoms with Crippen LogP contribution in [-0.4, -0.2) is 74.0 Å². The molecule has 39 heavy (non-hydrogen) atoms. The third-order valence-electron chi connectivity index (χ3n) is 7.84. The lowest BCUT2D eigenvalue weighted by molar-refractivity contribution is -0.118. The second-order valence-corrected chi connectivity index (χ2v) is 10.7. The van der Waals surface area contributed by atoms with Gasteiger partial charge in [-0.05, 0) is 75.4 Å². The van der Waals surface area contributed by atoms with Gasteiger partial charge in [-0.15, -0.1) is 12.4 Å². The second-order valence-electron chi connectivity index (χ2n) is 10.7. The fraction of sp³-hybridized carbons (Fsp3) is 0.556. The Labute approximate surface area is 233 Å². The number of nitrogens with one attached hydrogen (secondary N) is 3. The average molecular weight is 559 g/mol. The van der Waals surface area contributed by atoms with Crippen molar-refractivity contribution in [3.05, 3.63) is 34.5 Å². The Bertz CT molecular complexity index is 1260. The van der Waals surface area contributed by atoms with E-state index in [0.717, 1.165) is 57.2 Å². The van der Waals surface area contributed by atoms with Crippen molar-refractivity contribution in [2.75, 3.05) is 56.2 Å². The fourth-order valence-corrected chi connectivity index (χ4v) is 5.55. The summed E-state index contributed by atoms with van der Waals surface area (Å²) in [6.45, 7) is 9.02. The summed E-state index contributed by atoms with van der Waals surface area (Å²) in [6, 6.07) is 3.41. The standard InChI is InChI=1S/C27H34N6O5.ClH/c1-15-20-7-17(8-21(20)16(2)30-26(15)37-13-18-10-29-11-18)9-28-6-5-19-12-33(27(35)38-19)23-4-3-22-25(31-23)32-24(34)14-36-22;/h3-4,17-19,28-29H,5-14H2,1-2H3,(H,31,32,34);1H. The minimum absolute atomic E-state index is 0. The first-order chi connectivity index (χ1) is 18.4. The van der Waals surface area contributed by atoms with Gasteiger partial charge < -0.3 is 30.2 Å². The first-order valence-electron chi connectivity index (χ1n) is 13.4. The fourth-order valence-electron chi connectivity index (χ4n) is 5.55. The number of rotatable bonds is 9. The number of fused-ring (bicyclic) bond motifs is 2. The largest absolute Gasteiger partial charge is 0.480 e. The zero-order valence-corrected chi connectivity index (χ0v) is 23.1. The molecule has 0 saturated carbocycles. The highest BCUT2D eigenvalue weighted by molar-refractivity contribution is 5.95. The number of carbonyl (C=O) groups is 2. The molecule has 2 atom stereocenters. The van der Waals surface area contributed by atoms with Crippen LogP contribution in [0.3, 0.4) is 0 Å². The van der Waals surface area contributed by atoms with Crippen LogP contribution in [0.4, 0.5) is 16.4 Å². The van der Waals surface area contributed by atoms with Crippen LogP contribution in [0.5, 0.6) is 11.6 Å². The monoisotopic (exact) mass is 558 g/mol. The van der Waals surface area contributed by atoms with E-state index in [0.29, 0.717) is 42.2 Å². The van der Waals surface area contributed by atoms with Crippen molar-refractivity contribution < 1.29 is 23.8 Å². The van der Waals surface area contributed by atoms with E-state index in [1.807, 2.05) is 0 Å². The Morgan fingerprint density at radius 2 is 1.95 bits per heavy atom. The molecule has 11 nitrogen and oxygen atoms in total. The minimum atomic E-state index is -0.429. The first-order valence-corrected chi connectivity index (χ1v) is 13.4. The molecule has 12 heteroatoms. The number of aryl methyl sites for hydroxylation is 1. The van der Waals surface area contributed by atoms with E-state index in [-0.39, 0.29) is 31.0 Å². The maximum atomic E-state index is 12.5. The highest BCUT2D eigenvalue weighted by atomic mass is 35.5. The molecule has 0 bridgehead atoms. The molecule has 2 amide bonds. The topological polar surface area (TPSA) is 127 Å². The van der Waals surface area contributed by atoms with Crippen LogP contribution in [0.15, 0.2) is 12.1 Å². The number of anilines is 2.